The Bertz CT molecular complexity index is 1060. The molecule has 3 rings (SSSR count). The van der Waals surface area contributed by atoms with Crippen molar-refractivity contribution >= 4 is 11.8 Å². The Kier molecular flexibility index (Phi) is 8.35. The molecule has 2 aromatic carbocycles. The number of carbonyl (C=O) groups is 2. The molecule has 32 heavy (non-hydrogen) atoms. The molecule has 0 bridgehead atoms. The molecule has 1 aliphatic carbocycles. The zero-order valence-corrected chi connectivity index (χ0v) is 17.6. The lowest BCUT2D eigenvalue weighted by atomic mass is 10.1. The summed E-state index contributed by atoms with van der Waals surface area (Å²) in [5, 5.41) is 14.6. The number of amides is 2. The van der Waals surface area contributed by atoms with Crippen molar-refractivity contribution in [3.8, 4) is 11.8 Å². The highest BCUT2D eigenvalue weighted by atomic mass is 16.5. The van der Waals surface area contributed by atoms with Crippen molar-refractivity contribution < 1.29 is 14.8 Å². The minimum Gasteiger partial charge on any atom is -0.339 e. The van der Waals surface area contributed by atoms with Gasteiger partial charge in [0.15, 0.2) is 0 Å². The molecule has 0 spiro atoms. The molecule has 0 saturated carbocycles. The van der Waals surface area contributed by atoms with E-state index in [1.807, 2.05) is 12.1 Å². The molecule has 0 aliphatic heterocycles. The summed E-state index contributed by atoms with van der Waals surface area (Å²) in [6.07, 6.45) is 7.42. The van der Waals surface area contributed by atoms with E-state index in [-0.39, 0.29) is 6.54 Å². The van der Waals surface area contributed by atoms with Gasteiger partial charge in [-0.15, -0.1) is 0 Å². The van der Waals surface area contributed by atoms with Crippen LogP contribution in [-0.2, 0) is 11.3 Å². The third-order valence-electron chi connectivity index (χ3n) is 4.95. The minimum absolute atomic E-state index is 0.133. The fourth-order valence-electron chi connectivity index (χ4n) is 3.10. The van der Waals surface area contributed by atoms with Gasteiger partial charge in [0, 0.05) is 36.3 Å². The van der Waals surface area contributed by atoms with Gasteiger partial charge in [0.05, 0.1) is 0 Å². The van der Waals surface area contributed by atoms with Crippen LogP contribution in [0.2, 0.25) is 0 Å². The van der Waals surface area contributed by atoms with Crippen molar-refractivity contribution in [1.82, 2.24) is 16.1 Å². The molecule has 0 heterocycles. The summed E-state index contributed by atoms with van der Waals surface area (Å²) in [7, 11) is 0. The summed E-state index contributed by atoms with van der Waals surface area (Å²) >= 11 is 0. The molecule has 7 nitrogen and oxygen atoms in total. The maximum Gasteiger partial charge on any atom is 0.267 e. The van der Waals surface area contributed by atoms with Crippen LogP contribution in [0, 0.1) is 11.8 Å². The van der Waals surface area contributed by atoms with E-state index < -0.39 is 17.9 Å². The van der Waals surface area contributed by atoms with Crippen molar-refractivity contribution in [3.63, 3.8) is 0 Å². The van der Waals surface area contributed by atoms with E-state index in [0.29, 0.717) is 5.56 Å². The summed E-state index contributed by atoms with van der Waals surface area (Å²) in [4.78, 5) is 23.7. The van der Waals surface area contributed by atoms with Crippen LogP contribution in [0.3, 0.4) is 0 Å². The number of allylic oxidation sites excluding steroid dienone is 3. The van der Waals surface area contributed by atoms with Crippen LogP contribution in [0.4, 0.5) is 0 Å². The SMILES string of the molecule is NC[C@H](NC(=O)c1ccc(C#Cc2ccc(CNCC3=CC=CC3)cc2)cc1)C(=O)NO. The van der Waals surface area contributed by atoms with Crippen molar-refractivity contribution in [2.75, 3.05) is 13.1 Å². The minimum atomic E-state index is -1.01. The van der Waals surface area contributed by atoms with Gasteiger partial charge in [-0.1, -0.05) is 47.8 Å². The van der Waals surface area contributed by atoms with E-state index in [9.17, 15) is 9.59 Å². The largest absolute Gasteiger partial charge is 0.339 e. The van der Waals surface area contributed by atoms with E-state index in [4.69, 9.17) is 10.9 Å². The fourth-order valence-corrected chi connectivity index (χ4v) is 3.10. The normalized spacial score (nSPS) is 13.0. The van der Waals surface area contributed by atoms with Crippen molar-refractivity contribution in [2.24, 2.45) is 5.73 Å². The van der Waals surface area contributed by atoms with Crippen LogP contribution >= 0.6 is 0 Å². The number of hydrogen-bond acceptors (Lipinski definition) is 5. The van der Waals surface area contributed by atoms with E-state index in [0.717, 1.165) is 30.6 Å². The van der Waals surface area contributed by atoms with Crippen molar-refractivity contribution in [1.29, 1.82) is 0 Å². The number of carbonyl (C=O) groups excluding carboxylic acids is 2. The van der Waals surface area contributed by atoms with Crippen LogP contribution in [-0.4, -0.2) is 36.2 Å². The second kappa shape index (κ2) is 11.6. The third kappa shape index (κ3) is 6.65. The van der Waals surface area contributed by atoms with Gasteiger partial charge in [0.2, 0.25) is 0 Å². The highest BCUT2D eigenvalue weighted by Crippen LogP contribution is 2.10. The average Bonchev–Trinajstić information content (AvgIpc) is 3.35. The van der Waals surface area contributed by atoms with E-state index in [1.165, 1.54) is 16.6 Å². The van der Waals surface area contributed by atoms with Crippen LogP contribution in [0.1, 0.15) is 33.5 Å². The summed E-state index contributed by atoms with van der Waals surface area (Å²) in [5.41, 5.74) is 11.5. The van der Waals surface area contributed by atoms with Crippen LogP contribution in [0.15, 0.2) is 72.3 Å². The topological polar surface area (TPSA) is 116 Å². The van der Waals surface area contributed by atoms with Crippen molar-refractivity contribution in [2.45, 2.75) is 19.0 Å². The standard InChI is InChI=1S/C25H26N4O3/c26-15-23(25(31)29-32)28-24(30)22-13-11-19(12-14-22)6-5-18-7-9-21(10-8-18)17-27-16-20-3-1-2-4-20/h1-3,7-14,23,27,32H,4,15-17,26H2,(H,28,30)(H,29,31)/t23-/m0/s1. The first-order valence-electron chi connectivity index (χ1n) is 10.3. The molecule has 6 N–H and O–H groups in total. The van der Waals surface area contributed by atoms with Gasteiger partial charge in [-0.2, -0.15) is 0 Å². The van der Waals surface area contributed by atoms with Crippen LogP contribution in [0.5, 0.6) is 0 Å². The fraction of sp³-hybridized carbons (Fsp3) is 0.200. The smallest absolute Gasteiger partial charge is 0.267 e. The first kappa shape index (κ1) is 23.0. The molecule has 1 aliphatic rings. The average molecular weight is 431 g/mol. The predicted octanol–water partition coefficient (Wildman–Crippen LogP) is 1.62. The zero-order chi connectivity index (χ0) is 22.8. The second-order valence-electron chi connectivity index (χ2n) is 7.32. The molecule has 2 amide bonds. The van der Waals surface area contributed by atoms with Crippen molar-refractivity contribution in [3.05, 3.63) is 94.6 Å². The monoisotopic (exact) mass is 430 g/mol. The number of benzene rings is 2. The van der Waals surface area contributed by atoms with Gasteiger partial charge >= 0.3 is 0 Å². The van der Waals surface area contributed by atoms with Gasteiger partial charge in [0.25, 0.3) is 11.8 Å². The third-order valence-corrected chi connectivity index (χ3v) is 4.95. The van der Waals surface area contributed by atoms with Gasteiger partial charge in [-0.05, 0) is 48.4 Å². The first-order valence-corrected chi connectivity index (χ1v) is 10.3. The van der Waals surface area contributed by atoms with E-state index in [2.05, 4.69) is 52.8 Å². The highest BCUT2D eigenvalue weighted by molar-refractivity contribution is 5.97. The molecule has 0 radical (unpaired) electrons. The lowest BCUT2D eigenvalue weighted by Crippen LogP contribution is -2.50. The summed E-state index contributed by atoms with van der Waals surface area (Å²) < 4.78 is 0. The van der Waals surface area contributed by atoms with Gasteiger partial charge in [-0.3, -0.25) is 14.8 Å². The number of nitrogens with one attached hydrogen (secondary N) is 3. The Morgan fingerprint density at radius 2 is 1.66 bits per heavy atom. The Hall–Kier alpha value is -3.70. The predicted molar refractivity (Wildman–Crippen MR) is 123 cm³/mol. The highest BCUT2D eigenvalue weighted by Gasteiger charge is 2.19. The summed E-state index contributed by atoms with van der Waals surface area (Å²) in [6, 6.07) is 13.8. The van der Waals surface area contributed by atoms with Crippen LogP contribution in [0.25, 0.3) is 0 Å². The van der Waals surface area contributed by atoms with Gasteiger partial charge in [-0.25, -0.2) is 5.48 Å². The molecule has 0 saturated heterocycles. The lowest BCUT2D eigenvalue weighted by Gasteiger charge is -2.14. The molecule has 1 atom stereocenters. The van der Waals surface area contributed by atoms with Gasteiger partial charge in [0.1, 0.15) is 6.04 Å². The van der Waals surface area contributed by atoms with E-state index in [1.54, 1.807) is 24.3 Å². The molecule has 2 aromatic rings. The second-order valence-corrected chi connectivity index (χ2v) is 7.32. The maximum absolute atomic E-state index is 12.2. The zero-order valence-electron chi connectivity index (χ0n) is 17.6. The number of hydrogen-bond donors (Lipinski definition) is 5. The number of hydroxylamine groups is 1. The molecule has 7 heteroatoms. The Labute approximate surface area is 187 Å². The number of rotatable bonds is 8. The molecule has 0 unspecified atom stereocenters. The quantitative estimate of drug-likeness (QED) is 0.248. The lowest BCUT2D eigenvalue weighted by molar-refractivity contribution is -0.130. The Morgan fingerprint density at radius 1 is 1.00 bits per heavy atom. The molecule has 0 fully saturated rings. The Morgan fingerprint density at radius 3 is 2.22 bits per heavy atom. The molecule has 0 aromatic heterocycles. The molecular weight excluding hydrogens is 404 g/mol. The first-order chi connectivity index (χ1) is 15.6. The molecule has 164 valence electrons. The van der Waals surface area contributed by atoms with Crippen LogP contribution < -0.4 is 21.8 Å². The Balaban J connectivity index is 1.52. The number of nitrogens with two attached hydrogens (primary N) is 1. The summed E-state index contributed by atoms with van der Waals surface area (Å²) in [5.74, 6) is 4.96. The van der Waals surface area contributed by atoms with E-state index >= 15 is 0 Å². The van der Waals surface area contributed by atoms with Gasteiger partial charge < -0.3 is 16.4 Å². The summed E-state index contributed by atoms with van der Waals surface area (Å²) in [6.45, 7) is 1.57. The maximum atomic E-state index is 12.2. The molecular formula is C25H26N4O3.